The molecule has 1 aliphatic rings. The second kappa shape index (κ2) is 6.71. The lowest BCUT2D eigenvalue weighted by molar-refractivity contribution is -0.132. The number of hydrogen-bond donors (Lipinski definition) is 1. The molecule has 1 aromatic rings. The molecule has 1 amide bonds. The molecule has 1 heterocycles. The molecule has 19 heavy (non-hydrogen) atoms. The van der Waals surface area contributed by atoms with Crippen molar-refractivity contribution < 1.29 is 4.79 Å². The van der Waals surface area contributed by atoms with Crippen LogP contribution in [0.4, 0.5) is 0 Å². The SMILES string of the molecule is CCN(C(=O)CCc1cccc(C)c1)C1CCNC1. The Morgan fingerprint density at radius 2 is 2.32 bits per heavy atom. The first-order valence-electron chi connectivity index (χ1n) is 7.26. The van der Waals surface area contributed by atoms with Gasteiger partial charge in [0.2, 0.25) is 5.91 Å². The van der Waals surface area contributed by atoms with Crippen molar-refractivity contribution in [2.45, 2.75) is 39.2 Å². The zero-order valence-electron chi connectivity index (χ0n) is 12.0. The van der Waals surface area contributed by atoms with Gasteiger partial charge in [-0.2, -0.15) is 0 Å². The van der Waals surface area contributed by atoms with Crippen LogP contribution in [0.1, 0.15) is 30.9 Å². The van der Waals surface area contributed by atoms with Gasteiger partial charge in [-0.3, -0.25) is 4.79 Å². The Bertz CT molecular complexity index is 425. The van der Waals surface area contributed by atoms with Crippen LogP contribution >= 0.6 is 0 Å². The summed E-state index contributed by atoms with van der Waals surface area (Å²) in [6.45, 7) is 6.96. The summed E-state index contributed by atoms with van der Waals surface area (Å²) in [5.41, 5.74) is 2.52. The molecule has 1 atom stereocenters. The molecule has 1 unspecified atom stereocenters. The number of nitrogens with zero attached hydrogens (tertiary/aromatic N) is 1. The van der Waals surface area contributed by atoms with Crippen molar-refractivity contribution in [2.24, 2.45) is 0 Å². The first-order valence-corrected chi connectivity index (χ1v) is 7.26. The molecule has 0 bridgehead atoms. The normalized spacial score (nSPS) is 18.5. The zero-order chi connectivity index (χ0) is 13.7. The van der Waals surface area contributed by atoms with Gasteiger partial charge in [0.25, 0.3) is 0 Å². The van der Waals surface area contributed by atoms with E-state index in [0.717, 1.165) is 32.5 Å². The predicted octanol–water partition coefficient (Wildman–Crippen LogP) is 2.14. The molecule has 2 rings (SSSR count). The molecule has 0 saturated carbocycles. The third-order valence-electron chi connectivity index (χ3n) is 3.85. The van der Waals surface area contributed by atoms with Crippen LogP contribution in [0.3, 0.4) is 0 Å². The van der Waals surface area contributed by atoms with Crippen LogP contribution in [-0.2, 0) is 11.2 Å². The number of benzene rings is 1. The van der Waals surface area contributed by atoms with Gasteiger partial charge in [-0.05, 0) is 38.8 Å². The number of likely N-dealkylation sites (N-methyl/N-ethyl adjacent to an activating group) is 1. The van der Waals surface area contributed by atoms with Gasteiger partial charge in [-0.1, -0.05) is 29.8 Å². The van der Waals surface area contributed by atoms with Crippen molar-refractivity contribution in [2.75, 3.05) is 19.6 Å². The molecule has 0 aromatic heterocycles. The van der Waals surface area contributed by atoms with Gasteiger partial charge in [0.05, 0.1) is 0 Å². The van der Waals surface area contributed by atoms with Crippen molar-refractivity contribution in [3.63, 3.8) is 0 Å². The highest BCUT2D eigenvalue weighted by Gasteiger charge is 2.24. The molecule has 1 aliphatic heterocycles. The number of rotatable bonds is 5. The van der Waals surface area contributed by atoms with E-state index in [9.17, 15) is 4.79 Å². The number of carbonyl (C=O) groups excluding carboxylic acids is 1. The van der Waals surface area contributed by atoms with Gasteiger partial charge in [-0.25, -0.2) is 0 Å². The van der Waals surface area contributed by atoms with Gasteiger partial charge in [0.1, 0.15) is 0 Å². The van der Waals surface area contributed by atoms with Gasteiger partial charge < -0.3 is 10.2 Å². The fourth-order valence-corrected chi connectivity index (χ4v) is 2.81. The number of hydrogen-bond acceptors (Lipinski definition) is 2. The maximum Gasteiger partial charge on any atom is 0.223 e. The average molecular weight is 260 g/mol. The van der Waals surface area contributed by atoms with Crippen LogP contribution < -0.4 is 5.32 Å². The Morgan fingerprint density at radius 1 is 1.47 bits per heavy atom. The summed E-state index contributed by atoms with van der Waals surface area (Å²) in [5.74, 6) is 0.290. The van der Waals surface area contributed by atoms with E-state index in [-0.39, 0.29) is 5.91 Å². The maximum atomic E-state index is 12.3. The summed E-state index contributed by atoms with van der Waals surface area (Å²) >= 11 is 0. The molecule has 3 heteroatoms. The third kappa shape index (κ3) is 3.80. The predicted molar refractivity (Wildman–Crippen MR) is 78.2 cm³/mol. The number of amides is 1. The molecular weight excluding hydrogens is 236 g/mol. The number of nitrogens with one attached hydrogen (secondary N) is 1. The van der Waals surface area contributed by atoms with E-state index in [4.69, 9.17) is 0 Å². The Hall–Kier alpha value is -1.35. The molecule has 1 N–H and O–H groups in total. The van der Waals surface area contributed by atoms with Crippen LogP contribution in [0, 0.1) is 6.92 Å². The summed E-state index contributed by atoms with van der Waals surface area (Å²) < 4.78 is 0. The topological polar surface area (TPSA) is 32.3 Å². The highest BCUT2D eigenvalue weighted by Crippen LogP contribution is 2.12. The van der Waals surface area contributed by atoms with Crippen molar-refractivity contribution in [3.05, 3.63) is 35.4 Å². The van der Waals surface area contributed by atoms with E-state index < -0.39 is 0 Å². The summed E-state index contributed by atoms with van der Waals surface area (Å²) in [6, 6.07) is 8.82. The summed E-state index contributed by atoms with van der Waals surface area (Å²) in [6.07, 6.45) is 2.55. The lowest BCUT2D eigenvalue weighted by Gasteiger charge is -2.27. The van der Waals surface area contributed by atoms with Crippen LogP contribution in [0.5, 0.6) is 0 Å². The van der Waals surface area contributed by atoms with E-state index >= 15 is 0 Å². The first kappa shape index (κ1) is 14.1. The van der Waals surface area contributed by atoms with Crippen LogP contribution in [0.2, 0.25) is 0 Å². The van der Waals surface area contributed by atoms with Crippen molar-refractivity contribution in [3.8, 4) is 0 Å². The zero-order valence-corrected chi connectivity index (χ0v) is 12.0. The van der Waals surface area contributed by atoms with E-state index in [0.29, 0.717) is 12.5 Å². The second-order valence-corrected chi connectivity index (χ2v) is 5.32. The van der Waals surface area contributed by atoms with E-state index in [1.807, 2.05) is 4.90 Å². The van der Waals surface area contributed by atoms with Crippen molar-refractivity contribution >= 4 is 5.91 Å². The number of aryl methyl sites for hydroxylation is 2. The van der Waals surface area contributed by atoms with Gasteiger partial charge in [0, 0.05) is 25.6 Å². The fraction of sp³-hybridized carbons (Fsp3) is 0.562. The molecule has 1 fully saturated rings. The van der Waals surface area contributed by atoms with Crippen molar-refractivity contribution in [1.29, 1.82) is 0 Å². The summed E-state index contributed by atoms with van der Waals surface area (Å²) in [5, 5.41) is 3.33. The summed E-state index contributed by atoms with van der Waals surface area (Å²) in [4.78, 5) is 14.4. The minimum atomic E-state index is 0.290. The quantitative estimate of drug-likeness (QED) is 0.879. The Balaban J connectivity index is 1.88. The third-order valence-corrected chi connectivity index (χ3v) is 3.85. The largest absolute Gasteiger partial charge is 0.339 e. The Kier molecular flexibility index (Phi) is 4.97. The molecule has 1 aromatic carbocycles. The van der Waals surface area contributed by atoms with E-state index in [1.165, 1.54) is 11.1 Å². The highest BCUT2D eigenvalue weighted by molar-refractivity contribution is 5.76. The van der Waals surface area contributed by atoms with Crippen LogP contribution in [0.15, 0.2) is 24.3 Å². The average Bonchev–Trinajstić information content (AvgIpc) is 2.91. The molecule has 0 aliphatic carbocycles. The second-order valence-electron chi connectivity index (χ2n) is 5.32. The monoisotopic (exact) mass is 260 g/mol. The molecule has 0 spiro atoms. The highest BCUT2D eigenvalue weighted by atomic mass is 16.2. The minimum absolute atomic E-state index is 0.290. The lowest BCUT2D eigenvalue weighted by atomic mass is 10.1. The van der Waals surface area contributed by atoms with Gasteiger partial charge in [-0.15, -0.1) is 0 Å². The van der Waals surface area contributed by atoms with Crippen molar-refractivity contribution in [1.82, 2.24) is 10.2 Å². The molecule has 104 valence electrons. The van der Waals surface area contributed by atoms with Crippen LogP contribution in [0.25, 0.3) is 0 Å². The van der Waals surface area contributed by atoms with E-state index in [2.05, 4.69) is 43.4 Å². The van der Waals surface area contributed by atoms with E-state index in [1.54, 1.807) is 0 Å². The Morgan fingerprint density at radius 3 is 2.95 bits per heavy atom. The Labute approximate surface area is 116 Å². The molecule has 3 nitrogen and oxygen atoms in total. The molecule has 1 saturated heterocycles. The fourth-order valence-electron chi connectivity index (χ4n) is 2.81. The lowest BCUT2D eigenvalue weighted by Crippen LogP contribution is -2.41. The smallest absolute Gasteiger partial charge is 0.223 e. The standard InChI is InChI=1S/C16H24N2O/c1-3-18(15-9-10-17-12-15)16(19)8-7-14-6-4-5-13(2)11-14/h4-6,11,15,17H,3,7-10,12H2,1-2H3. The van der Waals surface area contributed by atoms with Gasteiger partial charge >= 0.3 is 0 Å². The maximum absolute atomic E-state index is 12.3. The van der Waals surface area contributed by atoms with Gasteiger partial charge in [0.15, 0.2) is 0 Å². The molecular formula is C16H24N2O. The van der Waals surface area contributed by atoms with Crippen LogP contribution in [-0.4, -0.2) is 36.5 Å². The number of carbonyl (C=O) groups is 1. The first-order chi connectivity index (χ1) is 9.20. The summed E-state index contributed by atoms with van der Waals surface area (Å²) in [7, 11) is 0. The minimum Gasteiger partial charge on any atom is -0.339 e. The molecule has 0 radical (unpaired) electrons.